The quantitative estimate of drug-likeness (QED) is 0.446. The molecule has 18 heavy (non-hydrogen) atoms. The molecular weight excluding hydrogens is 291 g/mol. The molecule has 0 aliphatic carbocycles. The van der Waals surface area contributed by atoms with E-state index in [-0.39, 0.29) is 11.3 Å². The fourth-order valence-electron chi connectivity index (χ4n) is 1.08. The predicted molar refractivity (Wildman–Crippen MR) is 78.2 cm³/mol. The summed E-state index contributed by atoms with van der Waals surface area (Å²) < 4.78 is 4.69. The molecule has 0 radical (unpaired) electrons. The number of esters is 1. The maximum atomic E-state index is 11.2. The highest BCUT2D eigenvalue weighted by molar-refractivity contribution is 8.00. The second-order valence-corrected chi connectivity index (χ2v) is 6.14. The van der Waals surface area contributed by atoms with E-state index in [0.717, 1.165) is 11.3 Å². The Kier molecular flexibility index (Phi) is 6.61. The number of benzene rings is 1. The number of carbonyl (C=O) groups excluding carboxylic acids is 1. The van der Waals surface area contributed by atoms with Crippen molar-refractivity contribution in [2.24, 2.45) is 0 Å². The summed E-state index contributed by atoms with van der Waals surface area (Å²) >= 11 is 13.3. The zero-order chi connectivity index (χ0) is 13.5. The lowest BCUT2D eigenvalue weighted by molar-refractivity contribution is -0.138. The van der Waals surface area contributed by atoms with E-state index < -0.39 is 5.97 Å². The molecule has 0 fully saturated rings. The van der Waals surface area contributed by atoms with E-state index in [1.807, 2.05) is 24.3 Å². The fourth-order valence-corrected chi connectivity index (χ4v) is 2.19. The second kappa shape index (κ2) is 7.72. The molecule has 0 saturated heterocycles. The molecule has 1 unspecified atom stereocenters. The summed E-state index contributed by atoms with van der Waals surface area (Å²) in [5.41, 5.74) is 1.50. The Morgan fingerprint density at radius 2 is 2.06 bits per heavy atom. The van der Waals surface area contributed by atoms with Crippen molar-refractivity contribution in [3.8, 4) is 0 Å². The first-order chi connectivity index (χ1) is 8.49. The van der Waals surface area contributed by atoms with Crippen LogP contribution >= 0.6 is 35.0 Å². The molecule has 0 N–H and O–H groups in total. The van der Waals surface area contributed by atoms with Crippen LogP contribution < -0.4 is 0 Å². The van der Waals surface area contributed by atoms with E-state index in [0.29, 0.717) is 10.6 Å². The number of alkyl halides is 1. The smallest absolute Gasteiger partial charge is 0.333 e. The molecule has 5 heteroatoms. The zero-order valence-corrected chi connectivity index (χ0v) is 12.3. The van der Waals surface area contributed by atoms with E-state index in [1.165, 1.54) is 11.8 Å². The number of hydrogen-bond acceptors (Lipinski definition) is 3. The molecule has 0 bridgehead atoms. The van der Waals surface area contributed by atoms with E-state index >= 15 is 0 Å². The average Bonchev–Trinajstić information content (AvgIpc) is 2.35. The average molecular weight is 305 g/mol. The number of ether oxygens (including phenoxy) is 1. The standard InChI is InChI=1S/C13H14Cl2O2S/c1-9(2)13(16)17-7-12(15)18-8-10-3-5-11(14)6-4-10/h3-6,12H,1,7-8H2,2H3. The van der Waals surface area contributed by atoms with E-state index in [4.69, 9.17) is 27.9 Å². The predicted octanol–water partition coefficient (Wildman–Crippen LogP) is 4.26. The summed E-state index contributed by atoms with van der Waals surface area (Å²) in [6.07, 6.45) is 0. The lowest BCUT2D eigenvalue weighted by atomic mass is 10.2. The van der Waals surface area contributed by atoms with Gasteiger partial charge in [0.2, 0.25) is 0 Å². The summed E-state index contributed by atoms with van der Waals surface area (Å²) in [6.45, 7) is 5.27. The maximum Gasteiger partial charge on any atom is 0.333 e. The normalized spacial score (nSPS) is 11.9. The summed E-state index contributed by atoms with van der Waals surface area (Å²) in [4.78, 5) is 11.2. The Morgan fingerprint density at radius 1 is 1.44 bits per heavy atom. The van der Waals surface area contributed by atoms with Gasteiger partial charge >= 0.3 is 5.97 Å². The topological polar surface area (TPSA) is 26.3 Å². The van der Waals surface area contributed by atoms with Gasteiger partial charge in [0, 0.05) is 16.3 Å². The highest BCUT2D eigenvalue weighted by Crippen LogP contribution is 2.22. The molecule has 2 nitrogen and oxygen atoms in total. The van der Waals surface area contributed by atoms with E-state index in [1.54, 1.807) is 6.92 Å². The van der Waals surface area contributed by atoms with Gasteiger partial charge in [0.15, 0.2) is 0 Å². The van der Waals surface area contributed by atoms with Gasteiger partial charge in [0.05, 0.1) is 0 Å². The summed E-state index contributed by atoms with van der Waals surface area (Å²) in [6, 6.07) is 7.56. The van der Waals surface area contributed by atoms with Gasteiger partial charge in [-0.2, -0.15) is 0 Å². The molecule has 1 aromatic carbocycles. The van der Waals surface area contributed by atoms with Gasteiger partial charge in [-0.25, -0.2) is 4.79 Å². The van der Waals surface area contributed by atoms with Crippen molar-refractivity contribution < 1.29 is 9.53 Å². The molecule has 0 aliphatic rings. The summed E-state index contributed by atoms with van der Waals surface area (Å²) in [5, 5.41) is 0.710. The van der Waals surface area contributed by atoms with Crippen LogP contribution in [0, 0.1) is 0 Å². The van der Waals surface area contributed by atoms with Crippen LogP contribution in [-0.2, 0) is 15.3 Å². The Balaban J connectivity index is 2.28. The maximum absolute atomic E-state index is 11.2. The van der Waals surface area contributed by atoms with Crippen molar-refractivity contribution in [2.75, 3.05) is 6.61 Å². The minimum Gasteiger partial charge on any atom is -0.460 e. The van der Waals surface area contributed by atoms with Gasteiger partial charge in [-0.05, 0) is 24.6 Å². The Labute approximate surface area is 121 Å². The summed E-state index contributed by atoms with van der Waals surface area (Å²) in [5.74, 6) is 0.336. The van der Waals surface area contributed by atoms with Crippen LogP contribution in [-0.4, -0.2) is 17.3 Å². The summed E-state index contributed by atoms with van der Waals surface area (Å²) in [7, 11) is 0. The van der Waals surface area contributed by atoms with Crippen molar-refractivity contribution >= 4 is 40.9 Å². The number of carbonyl (C=O) groups is 1. The fraction of sp³-hybridized carbons (Fsp3) is 0.308. The second-order valence-electron chi connectivity index (χ2n) is 3.73. The van der Waals surface area contributed by atoms with Crippen molar-refractivity contribution in [3.05, 3.63) is 47.0 Å². The van der Waals surface area contributed by atoms with Gasteiger partial charge in [0.25, 0.3) is 0 Å². The SMILES string of the molecule is C=C(C)C(=O)OCC(Cl)SCc1ccc(Cl)cc1. The molecule has 0 spiro atoms. The molecule has 0 aliphatic heterocycles. The molecule has 1 aromatic rings. The highest BCUT2D eigenvalue weighted by Gasteiger charge is 2.10. The van der Waals surface area contributed by atoms with E-state index in [9.17, 15) is 4.79 Å². The Bertz CT molecular complexity index is 418. The van der Waals surface area contributed by atoms with Gasteiger partial charge in [-0.1, -0.05) is 30.3 Å². The Hall–Kier alpha value is -0.640. The molecule has 0 saturated carbocycles. The molecule has 0 aromatic heterocycles. The van der Waals surface area contributed by atoms with Crippen molar-refractivity contribution in [2.45, 2.75) is 17.4 Å². The molecule has 1 atom stereocenters. The lowest BCUT2D eigenvalue weighted by Gasteiger charge is -2.10. The largest absolute Gasteiger partial charge is 0.460 e. The minimum absolute atomic E-state index is 0.172. The first-order valence-corrected chi connectivity index (χ1v) is 7.18. The number of thioether (sulfide) groups is 1. The third kappa shape index (κ3) is 5.80. The molecule has 98 valence electrons. The van der Waals surface area contributed by atoms with Crippen LogP contribution in [0.3, 0.4) is 0 Å². The van der Waals surface area contributed by atoms with Gasteiger partial charge in [0.1, 0.15) is 11.3 Å². The van der Waals surface area contributed by atoms with Crippen LogP contribution in [0.5, 0.6) is 0 Å². The highest BCUT2D eigenvalue weighted by atomic mass is 35.5. The van der Waals surface area contributed by atoms with Gasteiger partial charge in [-0.3, -0.25) is 0 Å². The zero-order valence-electron chi connectivity index (χ0n) is 9.99. The van der Waals surface area contributed by atoms with Crippen molar-refractivity contribution in [3.63, 3.8) is 0 Å². The number of halogens is 2. The van der Waals surface area contributed by atoms with Crippen LogP contribution in [0.25, 0.3) is 0 Å². The third-order valence-electron chi connectivity index (χ3n) is 2.04. The number of rotatable bonds is 6. The van der Waals surface area contributed by atoms with Gasteiger partial charge in [-0.15, -0.1) is 23.4 Å². The molecule has 1 rings (SSSR count). The lowest BCUT2D eigenvalue weighted by Crippen LogP contribution is -2.12. The van der Waals surface area contributed by atoms with E-state index in [2.05, 4.69) is 6.58 Å². The Morgan fingerprint density at radius 3 is 2.61 bits per heavy atom. The molecule has 0 heterocycles. The first kappa shape index (κ1) is 15.4. The molecule has 0 amide bonds. The van der Waals surface area contributed by atoms with Crippen molar-refractivity contribution in [1.82, 2.24) is 0 Å². The van der Waals surface area contributed by atoms with Crippen LogP contribution in [0.15, 0.2) is 36.4 Å². The number of hydrogen-bond donors (Lipinski definition) is 0. The van der Waals surface area contributed by atoms with Crippen molar-refractivity contribution in [1.29, 1.82) is 0 Å². The van der Waals surface area contributed by atoms with Crippen LogP contribution in [0.2, 0.25) is 5.02 Å². The van der Waals surface area contributed by atoms with Crippen LogP contribution in [0.1, 0.15) is 12.5 Å². The monoisotopic (exact) mass is 304 g/mol. The van der Waals surface area contributed by atoms with Crippen LogP contribution in [0.4, 0.5) is 0 Å². The minimum atomic E-state index is -0.409. The van der Waals surface area contributed by atoms with Gasteiger partial charge < -0.3 is 4.74 Å². The first-order valence-electron chi connectivity index (χ1n) is 5.32. The third-order valence-corrected chi connectivity index (χ3v) is 3.79. The molecular formula is C13H14Cl2O2S.